The molecule has 8 N–H and O–H groups in total. The first kappa shape index (κ1) is 23.3. The number of anilines is 3. The molecule has 32 heavy (non-hydrogen) atoms. The van der Waals surface area contributed by atoms with Gasteiger partial charge in [0.05, 0.1) is 23.5 Å². The molecule has 0 unspecified atom stereocenters. The summed E-state index contributed by atoms with van der Waals surface area (Å²) in [5, 5.41) is 35.8. The molecule has 1 saturated carbocycles. The van der Waals surface area contributed by atoms with Crippen molar-refractivity contribution in [1.29, 1.82) is 0 Å². The van der Waals surface area contributed by atoms with Gasteiger partial charge in [0.1, 0.15) is 11.5 Å². The van der Waals surface area contributed by atoms with Gasteiger partial charge in [-0.25, -0.2) is 4.98 Å². The average Bonchev–Trinajstić information content (AvgIpc) is 3.57. The number of hydrogen-bond donors (Lipinski definition) is 7. The number of hydrogen-bond acceptors (Lipinski definition) is 10. The molecule has 0 saturated heterocycles. The van der Waals surface area contributed by atoms with Crippen molar-refractivity contribution in [2.45, 2.75) is 18.9 Å². The smallest absolute Gasteiger partial charge is 0.367 e. The van der Waals surface area contributed by atoms with Crippen molar-refractivity contribution in [2.75, 3.05) is 17.7 Å². The van der Waals surface area contributed by atoms with E-state index in [2.05, 4.69) is 27.2 Å². The molecule has 170 valence electrons. The maximum Gasteiger partial charge on any atom is 0.367 e. The molecule has 0 aliphatic heterocycles. The zero-order valence-electron chi connectivity index (χ0n) is 17.1. The fourth-order valence-electron chi connectivity index (χ4n) is 2.86. The lowest BCUT2D eigenvalue weighted by Crippen LogP contribution is -2.43. The second-order valence-electron chi connectivity index (χ2n) is 7.00. The number of nitrogens with zero attached hydrogens (tertiary/aromatic N) is 2. The Kier molecular flexibility index (Phi) is 6.84. The van der Waals surface area contributed by atoms with Crippen molar-refractivity contribution >= 4 is 45.4 Å². The quantitative estimate of drug-likeness (QED) is 0.268. The predicted octanol–water partition coefficient (Wildman–Crippen LogP) is 1.22. The van der Waals surface area contributed by atoms with Crippen molar-refractivity contribution in [2.24, 2.45) is 11.7 Å². The molecule has 0 radical (unpaired) electrons. The highest BCUT2D eigenvalue weighted by atomic mass is 35.5. The molecule has 1 fully saturated rings. The van der Waals surface area contributed by atoms with Crippen LogP contribution in [0.25, 0.3) is 10.7 Å². The highest BCUT2D eigenvalue weighted by Gasteiger charge is 2.30. The molecule has 2 heterocycles. The molecule has 0 aromatic carbocycles. The Hall–Kier alpha value is -3.38. The van der Waals surface area contributed by atoms with Crippen LogP contribution < -0.4 is 26.4 Å². The third-order valence-corrected chi connectivity index (χ3v) is 4.80. The van der Waals surface area contributed by atoms with Gasteiger partial charge in [0.2, 0.25) is 5.91 Å². The molecular weight excluding hydrogens is 440 g/mol. The second kappa shape index (κ2) is 9.40. The van der Waals surface area contributed by atoms with Gasteiger partial charge in [-0.1, -0.05) is 18.2 Å². The van der Waals surface area contributed by atoms with E-state index >= 15 is 0 Å². The molecule has 2 aromatic heterocycles. The van der Waals surface area contributed by atoms with Gasteiger partial charge in [0.15, 0.2) is 5.75 Å². The van der Waals surface area contributed by atoms with E-state index in [1.807, 2.05) is 5.32 Å². The SMILES string of the molecule is C=C(NC(O)(O)O)c1cnc(NC(=O)C2CC2)cc1Nc1ccnc(C(Cl)=CN)c1OC. The first-order valence-electron chi connectivity index (χ1n) is 9.46. The van der Waals surface area contributed by atoms with Crippen LogP contribution in [0.5, 0.6) is 5.75 Å². The molecular formula is C20H23ClN6O5. The highest BCUT2D eigenvalue weighted by molar-refractivity contribution is 6.48. The van der Waals surface area contributed by atoms with E-state index in [1.165, 1.54) is 31.8 Å². The molecule has 0 atom stereocenters. The number of carbonyl (C=O) groups is 1. The third-order valence-electron chi connectivity index (χ3n) is 4.50. The molecule has 0 bridgehead atoms. The number of nitrogens with one attached hydrogen (secondary N) is 3. The van der Waals surface area contributed by atoms with E-state index in [4.69, 9.17) is 22.1 Å². The Balaban J connectivity index is 2.02. The number of ether oxygens (including phenoxy) is 1. The lowest BCUT2D eigenvalue weighted by atomic mass is 10.1. The van der Waals surface area contributed by atoms with Crippen LogP contribution in [0, 0.1) is 5.92 Å². The maximum absolute atomic E-state index is 12.1. The van der Waals surface area contributed by atoms with Crippen LogP contribution in [0.2, 0.25) is 0 Å². The largest absolute Gasteiger partial charge is 0.492 e. The van der Waals surface area contributed by atoms with Crippen molar-refractivity contribution < 1.29 is 24.9 Å². The van der Waals surface area contributed by atoms with Crippen LogP contribution in [-0.2, 0) is 4.79 Å². The number of pyridine rings is 2. The number of methoxy groups -OCH3 is 1. The van der Waals surface area contributed by atoms with Crippen molar-refractivity contribution in [1.82, 2.24) is 15.3 Å². The van der Waals surface area contributed by atoms with Gasteiger partial charge in [-0.05, 0) is 18.9 Å². The Morgan fingerprint density at radius 2 is 2.06 bits per heavy atom. The van der Waals surface area contributed by atoms with E-state index in [0.29, 0.717) is 11.4 Å². The van der Waals surface area contributed by atoms with Gasteiger partial charge >= 0.3 is 6.10 Å². The molecule has 2 aromatic rings. The zero-order chi connectivity index (χ0) is 23.5. The summed E-state index contributed by atoms with van der Waals surface area (Å²) >= 11 is 6.12. The molecule has 1 amide bonds. The fraction of sp³-hybridized carbons (Fsp3) is 0.250. The van der Waals surface area contributed by atoms with Crippen LogP contribution >= 0.6 is 11.6 Å². The minimum atomic E-state index is -3.20. The lowest BCUT2D eigenvalue weighted by Gasteiger charge is -2.22. The summed E-state index contributed by atoms with van der Waals surface area (Å²) in [4.78, 5) is 20.5. The van der Waals surface area contributed by atoms with Crippen LogP contribution in [0.1, 0.15) is 24.1 Å². The highest BCUT2D eigenvalue weighted by Crippen LogP contribution is 2.37. The van der Waals surface area contributed by atoms with E-state index < -0.39 is 6.10 Å². The summed E-state index contributed by atoms with van der Waals surface area (Å²) in [6, 6.07) is 3.14. The second-order valence-corrected chi connectivity index (χ2v) is 7.40. The normalized spacial score (nSPS) is 14.0. The third kappa shape index (κ3) is 5.65. The number of aliphatic hydroxyl groups is 3. The molecule has 1 aliphatic rings. The van der Waals surface area contributed by atoms with Crippen LogP contribution in [-0.4, -0.2) is 44.4 Å². The molecule has 11 nitrogen and oxygen atoms in total. The fourth-order valence-corrected chi connectivity index (χ4v) is 2.99. The van der Waals surface area contributed by atoms with Crippen LogP contribution in [0.15, 0.2) is 37.3 Å². The maximum atomic E-state index is 12.1. The summed E-state index contributed by atoms with van der Waals surface area (Å²) in [6.45, 7) is 3.69. The standard InChI is InChI=1S/C20H23ClN6O5/c1-10(27-20(29,30)31)12-9-24-16(26-19(28)11-3-4-11)7-15(12)25-14-5-6-23-17(13(21)8-22)18(14)32-2/h5-9,11,27,29-31H,1,3-4,22H2,2H3,(H2,23,24,25,26,28). The Morgan fingerprint density at radius 3 is 2.66 bits per heavy atom. The topological polar surface area (TPSA) is 175 Å². The Morgan fingerprint density at radius 1 is 1.34 bits per heavy atom. The zero-order valence-corrected chi connectivity index (χ0v) is 17.8. The van der Waals surface area contributed by atoms with Gasteiger partial charge in [0, 0.05) is 41.8 Å². The van der Waals surface area contributed by atoms with Gasteiger partial charge in [-0.2, -0.15) is 0 Å². The number of carbonyl (C=O) groups excluding carboxylic acids is 1. The number of amides is 1. The monoisotopic (exact) mass is 462 g/mol. The van der Waals surface area contributed by atoms with Gasteiger partial charge in [-0.3, -0.25) is 9.78 Å². The summed E-state index contributed by atoms with van der Waals surface area (Å²) in [5.41, 5.74) is 6.75. The average molecular weight is 463 g/mol. The van der Waals surface area contributed by atoms with Crippen molar-refractivity contribution in [3.63, 3.8) is 0 Å². The molecule has 3 rings (SSSR count). The molecule has 1 aliphatic carbocycles. The van der Waals surface area contributed by atoms with E-state index in [0.717, 1.165) is 12.8 Å². The van der Waals surface area contributed by atoms with Crippen molar-refractivity contribution in [3.8, 4) is 5.75 Å². The number of halogens is 1. The minimum absolute atomic E-state index is 0.0312. The molecule has 0 spiro atoms. The minimum Gasteiger partial charge on any atom is -0.492 e. The lowest BCUT2D eigenvalue weighted by molar-refractivity contribution is -0.322. The number of nitrogens with two attached hydrogens (primary N) is 1. The Labute approximate surface area is 188 Å². The number of aromatic nitrogens is 2. The van der Waals surface area contributed by atoms with E-state index in [-0.39, 0.29) is 45.4 Å². The summed E-state index contributed by atoms with van der Waals surface area (Å²) in [7, 11) is 1.43. The van der Waals surface area contributed by atoms with E-state index in [9.17, 15) is 20.1 Å². The summed E-state index contributed by atoms with van der Waals surface area (Å²) in [5.74, 6) is 0.371. The van der Waals surface area contributed by atoms with Gasteiger partial charge in [-0.15, -0.1) is 0 Å². The predicted molar refractivity (Wildman–Crippen MR) is 119 cm³/mol. The van der Waals surface area contributed by atoms with Crippen LogP contribution in [0.3, 0.4) is 0 Å². The summed E-state index contributed by atoms with van der Waals surface area (Å²) < 4.78 is 5.44. The van der Waals surface area contributed by atoms with Gasteiger partial charge in [0.25, 0.3) is 0 Å². The number of rotatable bonds is 9. The van der Waals surface area contributed by atoms with Crippen LogP contribution in [0.4, 0.5) is 17.2 Å². The van der Waals surface area contributed by atoms with Gasteiger partial charge < -0.3 is 41.7 Å². The van der Waals surface area contributed by atoms with E-state index in [1.54, 1.807) is 6.07 Å². The first-order chi connectivity index (χ1) is 15.1. The first-order valence-corrected chi connectivity index (χ1v) is 9.84. The Bertz CT molecular complexity index is 1060. The molecule has 12 heteroatoms. The summed E-state index contributed by atoms with van der Waals surface area (Å²) in [6.07, 6.45) is 2.45. The van der Waals surface area contributed by atoms with Crippen molar-refractivity contribution in [3.05, 3.63) is 48.6 Å².